The van der Waals surface area contributed by atoms with Crippen LogP contribution in [0.5, 0.6) is 0 Å². The smallest absolute Gasteiger partial charge is 0.205 e. The van der Waals surface area contributed by atoms with Crippen molar-refractivity contribution in [2.24, 2.45) is 22.7 Å². The van der Waals surface area contributed by atoms with Crippen molar-refractivity contribution in [3.63, 3.8) is 0 Å². The largest absolute Gasteiger partial charge is 0.352 e. The van der Waals surface area contributed by atoms with Gasteiger partial charge in [-0.2, -0.15) is 0 Å². The minimum Gasteiger partial charge on any atom is -0.352 e. The van der Waals surface area contributed by atoms with Crippen LogP contribution in [0.1, 0.15) is 20.3 Å². The Labute approximate surface area is 73.6 Å². The molecule has 3 atom stereocenters. The average Bonchev–Trinajstić information content (AvgIpc) is 2.11. The summed E-state index contributed by atoms with van der Waals surface area (Å²) in [5, 5.41) is 3.25. The van der Waals surface area contributed by atoms with Crippen molar-refractivity contribution in [2.75, 3.05) is 7.05 Å². The fourth-order valence-electron chi connectivity index (χ4n) is 1.57. The van der Waals surface area contributed by atoms with E-state index in [9.17, 15) is 0 Å². The lowest BCUT2D eigenvalue weighted by atomic mass is 9.71. The molecule has 0 bridgehead atoms. The lowest BCUT2D eigenvalue weighted by Crippen LogP contribution is -2.54. The molecule has 12 heavy (non-hydrogen) atoms. The summed E-state index contributed by atoms with van der Waals surface area (Å²) < 4.78 is 0. The molecule has 70 valence electrons. The number of hydrogen-bond acceptors (Lipinski definition) is 2. The fraction of sp³-hybridized carbons (Fsp3) is 0.875. The number of guanidine groups is 1. The summed E-state index contributed by atoms with van der Waals surface area (Å²) in [5.74, 6) is 7.46. The molecule has 0 spiro atoms. The highest BCUT2D eigenvalue weighted by Crippen LogP contribution is 2.33. The standard InChI is InChI=1S/C8H18N4/c1-5-4-7(6(5)2)11-8(10-3)12-9/h5-7H,4,9H2,1-3H3,(H2,10,11,12). The Hall–Kier alpha value is -0.770. The molecule has 1 fully saturated rings. The third-order valence-electron chi connectivity index (χ3n) is 2.84. The van der Waals surface area contributed by atoms with Gasteiger partial charge in [0.05, 0.1) is 0 Å². The first-order valence-corrected chi connectivity index (χ1v) is 4.39. The van der Waals surface area contributed by atoms with E-state index in [1.54, 1.807) is 7.05 Å². The van der Waals surface area contributed by atoms with E-state index in [1.165, 1.54) is 6.42 Å². The molecular formula is C8H18N4. The second kappa shape index (κ2) is 3.76. The lowest BCUT2D eigenvalue weighted by Gasteiger charge is -2.41. The molecule has 0 aromatic carbocycles. The van der Waals surface area contributed by atoms with Gasteiger partial charge in [-0.05, 0) is 18.3 Å². The summed E-state index contributed by atoms with van der Waals surface area (Å²) in [5.41, 5.74) is 2.53. The van der Waals surface area contributed by atoms with Gasteiger partial charge in [0.15, 0.2) is 0 Å². The summed E-state index contributed by atoms with van der Waals surface area (Å²) in [6.07, 6.45) is 1.21. The van der Waals surface area contributed by atoms with E-state index in [4.69, 9.17) is 5.84 Å². The number of nitrogens with two attached hydrogens (primary N) is 1. The molecule has 1 rings (SSSR count). The molecular weight excluding hydrogens is 152 g/mol. The molecule has 0 amide bonds. The molecule has 1 aliphatic carbocycles. The highest BCUT2D eigenvalue weighted by atomic mass is 15.3. The second-order valence-electron chi connectivity index (χ2n) is 3.54. The van der Waals surface area contributed by atoms with Gasteiger partial charge in [-0.15, -0.1) is 0 Å². The van der Waals surface area contributed by atoms with Gasteiger partial charge in [0.2, 0.25) is 5.96 Å². The zero-order valence-electron chi connectivity index (χ0n) is 7.96. The van der Waals surface area contributed by atoms with Crippen LogP contribution in [0.4, 0.5) is 0 Å². The summed E-state index contributed by atoms with van der Waals surface area (Å²) >= 11 is 0. The Balaban J connectivity index is 2.33. The third-order valence-corrected chi connectivity index (χ3v) is 2.84. The number of hydrogen-bond donors (Lipinski definition) is 3. The summed E-state index contributed by atoms with van der Waals surface area (Å²) in [6.45, 7) is 4.51. The minimum atomic E-state index is 0.537. The summed E-state index contributed by atoms with van der Waals surface area (Å²) in [4.78, 5) is 3.96. The average molecular weight is 170 g/mol. The topological polar surface area (TPSA) is 62.4 Å². The van der Waals surface area contributed by atoms with Crippen molar-refractivity contribution in [1.82, 2.24) is 10.7 Å². The van der Waals surface area contributed by atoms with E-state index >= 15 is 0 Å². The van der Waals surface area contributed by atoms with E-state index in [0.29, 0.717) is 12.0 Å². The first kappa shape index (κ1) is 9.32. The normalized spacial score (nSPS) is 35.7. The van der Waals surface area contributed by atoms with Crippen molar-refractivity contribution in [3.05, 3.63) is 0 Å². The molecule has 0 aromatic rings. The Bertz CT molecular complexity index is 178. The van der Waals surface area contributed by atoms with Crippen LogP contribution in [0.25, 0.3) is 0 Å². The van der Waals surface area contributed by atoms with Gasteiger partial charge in [-0.3, -0.25) is 10.4 Å². The molecule has 1 saturated carbocycles. The zero-order valence-corrected chi connectivity index (χ0v) is 7.96. The van der Waals surface area contributed by atoms with Crippen LogP contribution in [0.3, 0.4) is 0 Å². The maximum absolute atomic E-state index is 5.25. The van der Waals surface area contributed by atoms with Crippen molar-refractivity contribution >= 4 is 5.96 Å². The maximum atomic E-state index is 5.25. The van der Waals surface area contributed by atoms with Gasteiger partial charge >= 0.3 is 0 Å². The van der Waals surface area contributed by atoms with E-state index in [2.05, 4.69) is 29.6 Å². The van der Waals surface area contributed by atoms with E-state index in [0.717, 1.165) is 11.8 Å². The first-order valence-electron chi connectivity index (χ1n) is 4.39. The number of rotatable bonds is 1. The molecule has 0 radical (unpaired) electrons. The SMILES string of the molecule is CN=C(NN)NC1CC(C)C1C. The first-order chi connectivity index (χ1) is 5.69. The Morgan fingerprint density at radius 1 is 1.50 bits per heavy atom. The minimum absolute atomic E-state index is 0.537. The number of hydrazine groups is 1. The highest BCUT2D eigenvalue weighted by Gasteiger charge is 2.34. The lowest BCUT2D eigenvalue weighted by molar-refractivity contribution is 0.155. The molecule has 4 heteroatoms. The summed E-state index contributed by atoms with van der Waals surface area (Å²) in [7, 11) is 1.72. The quantitative estimate of drug-likeness (QED) is 0.226. The van der Waals surface area contributed by atoms with Gasteiger partial charge in [-0.1, -0.05) is 13.8 Å². The van der Waals surface area contributed by atoms with Gasteiger partial charge in [0, 0.05) is 13.1 Å². The van der Waals surface area contributed by atoms with Crippen LogP contribution in [-0.2, 0) is 0 Å². The van der Waals surface area contributed by atoms with Crippen LogP contribution >= 0.6 is 0 Å². The molecule has 4 N–H and O–H groups in total. The molecule has 1 aliphatic rings. The second-order valence-corrected chi connectivity index (χ2v) is 3.54. The molecule has 0 aliphatic heterocycles. The van der Waals surface area contributed by atoms with Gasteiger partial charge in [-0.25, -0.2) is 5.84 Å². The van der Waals surface area contributed by atoms with Gasteiger partial charge in [0.1, 0.15) is 0 Å². The van der Waals surface area contributed by atoms with Gasteiger partial charge < -0.3 is 5.32 Å². The van der Waals surface area contributed by atoms with Crippen molar-refractivity contribution in [2.45, 2.75) is 26.3 Å². The molecule has 0 saturated heterocycles. The Morgan fingerprint density at radius 3 is 2.50 bits per heavy atom. The Kier molecular flexibility index (Phi) is 2.92. The third kappa shape index (κ3) is 1.69. The zero-order chi connectivity index (χ0) is 9.14. The number of nitrogens with one attached hydrogen (secondary N) is 2. The van der Waals surface area contributed by atoms with E-state index < -0.39 is 0 Å². The molecule has 0 aromatic heterocycles. The van der Waals surface area contributed by atoms with Crippen LogP contribution < -0.4 is 16.6 Å². The van der Waals surface area contributed by atoms with Crippen LogP contribution in [-0.4, -0.2) is 19.0 Å². The van der Waals surface area contributed by atoms with Crippen LogP contribution in [0.15, 0.2) is 4.99 Å². The number of aliphatic imine (C=N–C) groups is 1. The van der Waals surface area contributed by atoms with Crippen molar-refractivity contribution in [3.8, 4) is 0 Å². The van der Waals surface area contributed by atoms with Crippen LogP contribution in [0.2, 0.25) is 0 Å². The predicted molar refractivity (Wildman–Crippen MR) is 50.6 cm³/mol. The van der Waals surface area contributed by atoms with E-state index in [-0.39, 0.29) is 0 Å². The summed E-state index contributed by atoms with van der Waals surface area (Å²) in [6, 6.07) is 0.537. The van der Waals surface area contributed by atoms with Crippen molar-refractivity contribution in [1.29, 1.82) is 0 Å². The van der Waals surface area contributed by atoms with Crippen molar-refractivity contribution < 1.29 is 0 Å². The van der Waals surface area contributed by atoms with E-state index in [1.807, 2.05) is 0 Å². The monoisotopic (exact) mass is 170 g/mol. The molecule has 3 unspecified atom stereocenters. The number of nitrogens with zero attached hydrogens (tertiary/aromatic N) is 1. The highest BCUT2D eigenvalue weighted by molar-refractivity contribution is 5.79. The fourth-order valence-corrected chi connectivity index (χ4v) is 1.57. The molecule has 0 heterocycles. The maximum Gasteiger partial charge on any atom is 0.205 e. The Morgan fingerprint density at radius 2 is 2.17 bits per heavy atom. The molecule has 4 nitrogen and oxygen atoms in total. The van der Waals surface area contributed by atoms with Crippen LogP contribution in [0, 0.1) is 11.8 Å². The predicted octanol–water partition coefficient (Wildman–Crippen LogP) is 0.0696. The van der Waals surface area contributed by atoms with Gasteiger partial charge in [0.25, 0.3) is 0 Å².